The average molecular weight is 492 g/mol. The Kier molecular flexibility index (Phi) is 7.06. The van der Waals surface area contributed by atoms with Crippen molar-refractivity contribution in [1.82, 2.24) is 14.8 Å². The van der Waals surface area contributed by atoms with Crippen molar-refractivity contribution in [1.29, 1.82) is 0 Å². The van der Waals surface area contributed by atoms with E-state index in [1.165, 1.54) is 5.56 Å². The molecule has 2 aliphatic rings. The van der Waals surface area contributed by atoms with Crippen molar-refractivity contribution < 1.29 is 14.6 Å². The lowest BCUT2D eigenvalue weighted by molar-refractivity contribution is -0.127. The fourth-order valence-corrected chi connectivity index (χ4v) is 5.58. The van der Waals surface area contributed by atoms with Crippen LogP contribution in [-0.2, 0) is 10.3 Å². The molecule has 6 nitrogen and oxygen atoms in total. The van der Waals surface area contributed by atoms with Crippen LogP contribution >= 0.6 is 0 Å². The maximum Gasteiger partial charge on any atom is 0.410 e. The monoisotopic (exact) mass is 491 g/mol. The van der Waals surface area contributed by atoms with Crippen LogP contribution < -0.4 is 0 Å². The summed E-state index contributed by atoms with van der Waals surface area (Å²) in [6.45, 7) is 14.8. The van der Waals surface area contributed by atoms with Gasteiger partial charge in [-0.05, 0) is 68.5 Å². The zero-order chi connectivity index (χ0) is 26.3. The van der Waals surface area contributed by atoms with E-state index in [-0.39, 0.29) is 11.5 Å². The fraction of sp³-hybridized carbons (Fsp3) is 0.533. The smallest absolute Gasteiger partial charge is 0.410 e. The second-order valence-corrected chi connectivity index (χ2v) is 12.1. The summed E-state index contributed by atoms with van der Waals surface area (Å²) in [6.07, 6.45) is 6.16. The predicted octanol–water partition coefficient (Wildman–Crippen LogP) is 5.42. The third kappa shape index (κ3) is 5.07. The van der Waals surface area contributed by atoms with Crippen LogP contribution in [0.5, 0.6) is 0 Å². The largest absolute Gasteiger partial charge is 0.444 e. The Morgan fingerprint density at radius 1 is 1.11 bits per heavy atom. The van der Waals surface area contributed by atoms with Gasteiger partial charge < -0.3 is 19.6 Å². The fourth-order valence-electron chi connectivity index (χ4n) is 5.58. The van der Waals surface area contributed by atoms with Gasteiger partial charge in [0.1, 0.15) is 11.2 Å². The first-order valence-electron chi connectivity index (χ1n) is 13.0. The lowest BCUT2D eigenvalue weighted by atomic mass is 9.62. The molecule has 1 aromatic heterocycles. The number of carbonyl (C=O) groups excluding carboxylic acids is 1. The van der Waals surface area contributed by atoms with Crippen molar-refractivity contribution in [2.45, 2.75) is 65.1 Å². The van der Waals surface area contributed by atoms with E-state index in [0.29, 0.717) is 25.4 Å². The van der Waals surface area contributed by atoms with E-state index < -0.39 is 11.2 Å². The van der Waals surface area contributed by atoms with Crippen molar-refractivity contribution >= 4 is 11.7 Å². The number of carbonyl (C=O) groups is 1. The van der Waals surface area contributed by atoms with Gasteiger partial charge in [0.2, 0.25) is 0 Å². The Morgan fingerprint density at radius 3 is 2.31 bits per heavy atom. The highest BCUT2D eigenvalue weighted by Gasteiger charge is 2.55. The lowest BCUT2D eigenvalue weighted by Crippen LogP contribution is -2.63. The zero-order valence-corrected chi connectivity index (χ0v) is 22.8. The lowest BCUT2D eigenvalue weighted by Gasteiger charge is -2.56. The number of ether oxygens (including phenoxy) is 1. The van der Waals surface area contributed by atoms with Gasteiger partial charge in [0.15, 0.2) is 0 Å². The van der Waals surface area contributed by atoms with Gasteiger partial charge in [-0.25, -0.2) is 4.79 Å². The molecular weight excluding hydrogens is 450 g/mol. The Balaban J connectivity index is 1.65. The molecule has 1 fully saturated rings. The van der Waals surface area contributed by atoms with Crippen LogP contribution in [0.15, 0.2) is 48.8 Å². The van der Waals surface area contributed by atoms with Crippen molar-refractivity contribution in [2.75, 3.05) is 33.2 Å². The molecular formula is C30H41N3O3. The first-order valence-corrected chi connectivity index (χ1v) is 13.0. The minimum atomic E-state index is -1.17. The third-order valence-corrected chi connectivity index (χ3v) is 7.49. The molecule has 1 atom stereocenters. The number of likely N-dealkylation sites (tertiary alicyclic amines) is 1. The van der Waals surface area contributed by atoms with Crippen LogP contribution in [-0.4, -0.2) is 64.8 Å². The average Bonchev–Trinajstić information content (AvgIpc) is 2.81. The van der Waals surface area contributed by atoms with Crippen LogP contribution in [0.1, 0.15) is 76.1 Å². The normalized spacial score (nSPS) is 19.9. The van der Waals surface area contributed by atoms with E-state index in [1.807, 2.05) is 27.0 Å². The molecule has 1 saturated heterocycles. The minimum Gasteiger partial charge on any atom is -0.444 e. The maximum absolute atomic E-state index is 12.5. The molecule has 0 radical (unpaired) electrons. The van der Waals surface area contributed by atoms with Crippen LogP contribution in [0, 0.1) is 5.41 Å². The predicted molar refractivity (Wildman–Crippen MR) is 144 cm³/mol. The summed E-state index contributed by atoms with van der Waals surface area (Å²) in [5.74, 6) is 0.432. The highest BCUT2D eigenvalue weighted by molar-refractivity contribution is 5.73. The topological polar surface area (TPSA) is 65.9 Å². The molecule has 0 unspecified atom stereocenters. The number of aromatic nitrogens is 1. The number of benzene rings is 1. The molecule has 36 heavy (non-hydrogen) atoms. The molecule has 2 aromatic rings. The summed E-state index contributed by atoms with van der Waals surface area (Å²) < 4.78 is 5.53. The third-order valence-electron chi connectivity index (χ3n) is 7.49. The summed E-state index contributed by atoms with van der Waals surface area (Å²) in [4.78, 5) is 21.0. The summed E-state index contributed by atoms with van der Waals surface area (Å²) >= 11 is 0. The van der Waals surface area contributed by atoms with E-state index in [0.717, 1.165) is 35.4 Å². The molecule has 6 heteroatoms. The van der Waals surface area contributed by atoms with E-state index in [4.69, 9.17) is 4.74 Å². The summed E-state index contributed by atoms with van der Waals surface area (Å²) in [7, 11) is 2.09. The number of rotatable bonds is 5. The van der Waals surface area contributed by atoms with E-state index in [9.17, 15) is 9.90 Å². The number of hydrogen-bond acceptors (Lipinski definition) is 5. The van der Waals surface area contributed by atoms with E-state index in [2.05, 4.69) is 74.1 Å². The van der Waals surface area contributed by atoms with Gasteiger partial charge in [-0.2, -0.15) is 0 Å². The number of nitrogens with zero attached hydrogens (tertiary/aromatic N) is 3. The van der Waals surface area contributed by atoms with Gasteiger partial charge in [0.25, 0.3) is 0 Å². The van der Waals surface area contributed by atoms with Gasteiger partial charge in [0.05, 0.1) is 0 Å². The van der Waals surface area contributed by atoms with Crippen molar-refractivity contribution in [3.05, 3.63) is 71.1 Å². The van der Waals surface area contributed by atoms with Gasteiger partial charge in [-0.15, -0.1) is 0 Å². The molecule has 1 N–H and O–H groups in total. The highest BCUT2D eigenvalue weighted by atomic mass is 16.6. The second-order valence-electron chi connectivity index (χ2n) is 12.1. The molecule has 0 aliphatic carbocycles. The first-order chi connectivity index (χ1) is 16.8. The molecule has 2 aliphatic heterocycles. The molecule has 0 spiro atoms. The molecule has 1 amide bonds. The molecule has 1 aromatic carbocycles. The van der Waals surface area contributed by atoms with Crippen LogP contribution in [0.4, 0.5) is 4.79 Å². The minimum absolute atomic E-state index is 0.286. The highest BCUT2D eigenvalue weighted by Crippen LogP contribution is 2.50. The SMILES string of the molecule is CC(C)c1ccc([C@](O)(c2cncc(C3=CCN(C(=O)OC(C)(C)C)CC3)c2)C2(C)CN(C)C2)cc1. The Hall–Kier alpha value is -2.70. The van der Waals surface area contributed by atoms with E-state index >= 15 is 0 Å². The molecule has 0 bridgehead atoms. The van der Waals surface area contributed by atoms with Crippen molar-refractivity contribution in [3.63, 3.8) is 0 Å². The van der Waals surface area contributed by atoms with Crippen molar-refractivity contribution in [2.24, 2.45) is 5.41 Å². The van der Waals surface area contributed by atoms with Crippen LogP contribution in [0.25, 0.3) is 5.57 Å². The van der Waals surface area contributed by atoms with Crippen LogP contribution in [0.3, 0.4) is 0 Å². The summed E-state index contributed by atoms with van der Waals surface area (Å²) in [6, 6.07) is 10.5. The maximum atomic E-state index is 12.5. The van der Waals surface area contributed by atoms with E-state index in [1.54, 1.807) is 11.1 Å². The molecule has 0 saturated carbocycles. The number of pyridine rings is 1. The first kappa shape index (κ1) is 26.4. The van der Waals surface area contributed by atoms with Crippen LogP contribution in [0.2, 0.25) is 0 Å². The Morgan fingerprint density at radius 2 is 1.78 bits per heavy atom. The van der Waals surface area contributed by atoms with Gasteiger partial charge in [0, 0.05) is 49.6 Å². The molecule has 4 rings (SSSR count). The second kappa shape index (κ2) is 9.64. The Labute approximate surface area is 216 Å². The molecule has 3 heterocycles. The van der Waals surface area contributed by atoms with Gasteiger partial charge in [-0.3, -0.25) is 4.98 Å². The van der Waals surface area contributed by atoms with Gasteiger partial charge >= 0.3 is 6.09 Å². The number of hydrogen-bond donors (Lipinski definition) is 1. The number of amides is 1. The standard InChI is InChI=1S/C30H41N3O3/c1-21(2)22-8-10-25(11-9-22)30(35,29(6)19-32(7)20-29)26-16-24(17-31-18-26)23-12-14-33(15-13-23)27(34)36-28(3,4)5/h8-12,16-18,21,35H,13-15,19-20H2,1-7H3/t30-/m0/s1. The molecule has 194 valence electrons. The zero-order valence-electron chi connectivity index (χ0n) is 22.8. The summed E-state index contributed by atoms with van der Waals surface area (Å²) in [5.41, 5.74) is 3.07. The summed E-state index contributed by atoms with van der Waals surface area (Å²) in [5, 5.41) is 12.5. The quantitative estimate of drug-likeness (QED) is 0.605. The number of aliphatic hydroxyl groups is 1. The Bertz CT molecular complexity index is 1130. The van der Waals surface area contributed by atoms with Crippen molar-refractivity contribution in [3.8, 4) is 0 Å². The van der Waals surface area contributed by atoms with Gasteiger partial charge in [-0.1, -0.05) is 51.1 Å².